The molecular weight excluding hydrogens is 618 g/mol. The Kier molecular flexibility index (Phi) is 10.9. The van der Waals surface area contributed by atoms with Crippen LogP contribution in [0.4, 0.5) is 0 Å². The molecule has 3 amide bonds. The molecule has 4 fully saturated rings. The van der Waals surface area contributed by atoms with Crippen LogP contribution in [0.2, 0.25) is 0 Å². The second-order valence-corrected chi connectivity index (χ2v) is 14.1. The van der Waals surface area contributed by atoms with Crippen molar-refractivity contribution in [2.24, 2.45) is 27.6 Å². The molecule has 0 radical (unpaired) electrons. The highest BCUT2D eigenvalue weighted by atomic mass is 16.2. The Morgan fingerprint density at radius 2 is 1.69 bits per heavy atom. The van der Waals surface area contributed by atoms with E-state index in [1.165, 1.54) is 5.56 Å². The molecule has 0 bridgehead atoms. The van der Waals surface area contributed by atoms with Gasteiger partial charge in [0.15, 0.2) is 0 Å². The van der Waals surface area contributed by atoms with E-state index in [9.17, 15) is 19.2 Å². The third-order valence-corrected chi connectivity index (χ3v) is 10.8. The quantitative estimate of drug-likeness (QED) is 0.109. The fourth-order valence-electron chi connectivity index (χ4n) is 7.96. The van der Waals surface area contributed by atoms with Crippen LogP contribution < -0.4 is 16.4 Å². The first-order valence-corrected chi connectivity index (χ1v) is 17.8. The van der Waals surface area contributed by atoms with Crippen LogP contribution in [0.15, 0.2) is 70.6 Å². The molecule has 0 aromatic heterocycles. The standard InChI is InChI=1S/C38H49N7O4/c1-40-37(39)42-21-9-15-31(34(47)41-20-8-14-26-10-4-2-5-11-26)43-35(48)32-19-18-29-17-16-28(36(49)45(29)32)24-44-25-38(44)23-30(38)33(46)22-27-12-6-3-7-13-27/h2-7,10-13,28-32H,1,8-9,14-25H2,(H2,39,42)(H,41,47)(H,43,48)/t28?,29-,30?,31-,32?,38?,44?/m0/s1. The van der Waals surface area contributed by atoms with E-state index in [1.807, 2.05) is 48.5 Å². The van der Waals surface area contributed by atoms with Gasteiger partial charge in [-0.25, -0.2) is 4.99 Å². The van der Waals surface area contributed by atoms with Gasteiger partial charge in [-0.15, -0.1) is 0 Å². The third-order valence-electron chi connectivity index (χ3n) is 10.8. The van der Waals surface area contributed by atoms with Crippen molar-refractivity contribution in [1.82, 2.24) is 20.4 Å². The minimum absolute atomic E-state index is 0.0208. The normalized spacial score (nSPS) is 27.7. The first-order chi connectivity index (χ1) is 23.8. The number of carbonyl (C=O) groups excluding carboxylic acids is 4. The molecule has 3 aliphatic heterocycles. The molecule has 7 atom stereocenters. The number of fused-ring (bicyclic) bond motifs is 1. The molecule has 5 unspecified atom stereocenters. The lowest BCUT2D eigenvalue weighted by Crippen LogP contribution is -2.57. The summed E-state index contributed by atoms with van der Waals surface area (Å²) in [5.41, 5.74) is 7.82. The minimum atomic E-state index is -0.760. The maximum Gasteiger partial charge on any atom is 0.243 e. The van der Waals surface area contributed by atoms with Crippen molar-refractivity contribution in [3.05, 3.63) is 71.8 Å². The van der Waals surface area contributed by atoms with Crippen LogP contribution in [0.25, 0.3) is 0 Å². The van der Waals surface area contributed by atoms with Gasteiger partial charge in [0.05, 0.1) is 5.92 Å². The van der Waals surface area contributed by atoms with Crippen molar-refractivity contribution in [2.75, 3.05) is 26.2 Å². The number of nitrogens with two attached hydrogens (primary N) is 1. The van der Waals surface area contributed by atoms with Crippen LogP contribution in [0.5, 0.6) is 0 Å². The van der Waals surface area contributed by atoms with Crippen molar-refractivity contribution in [2.45, 2.75) is 87.9 Å². The average molecular weight is 668 g/mol. The summed E-state index contributed by atoms with van der Waals surface area (Å²) in [7, 11) is 0. The molecule has 4 N–H and O–H groups in total. The molecule has 4 aliphatic rings. The van der Waals surface area contributed by atoms with Crippen LogP contribution in [0.3, 0.4) is 0 Å². The number of guanidine groups is 1. The van der Waals surface area contributed by atoms with Crippen molar-refractivity contribution < 1.29 is 19.2 Å². The summed E-state index contributed by atoms with van der Waals surface area (Å²) in [4.78, 5) is 65.9. The maximum absolute atomic E-state index is 13.9. The zero-order valence-corrected chi connectivity index (χ0v) is 28.3. The second kappa shape index (κ2) is 15.4. The molecule has 6 rings (SSSR count). The molecular formula is C38H49N7O4. The van der Waals surface area contributed by atoms with E-state index in [4.69, 9.17) is 5.73 Å². The Morgan fingerprint density at radius 1 is 0.980 bits per heavy atom. The number of aryl methyl sites for hydroxylation is 1. The number of piperidine rings is 1. The SMILES string of the molecule is C=NC(N)=NCCC[C@H](NC(=O)C1CC[C@@H]2CCC(CN3CC34CC4C(=O)Cc3ccccc3)C(=O)N12)C(=O)NCCCc1ccccc1. The summed E-state index contributed by atoms with van der Waals surface area (Å²) < 4.78 is 0. The first kappa shape index (κ1) is 34.5. The van der Waals surface area contributed by atoms with Crippen LogP contribution in [-0.2, 0) is 32.0 Å². The van der Waals surface area contributed by atoms with Gasteiger partial charge in [0.25, 0.3) is 0 Å². The largest absolute Gasteiger partial charge is 0.368 e. The Balaban J connectivity index is 1.02. The number of carbonyl (C=O) groups is 4. The zero-order chi connectivity index (χ0) is 34.4. The minimum Gasteiger partial charge on any atom is -0.368 e. The highest BCUT2D eigenvalue weighted by molar-refractivity contribution is 5.93. The number of nitrogens with zero attached hydrogens (tertiary/aromatic N) is 4. The van der Waals surface area contributed by atoms with E-state index in [0.717, 1.165) is 50.6 Å². The number of amides is 3. The van der Waals surface area contributed by atoms with E-state index in [-0.39, 0.29) is 52.9 Å². The summed E-state index contributed by atoms with van der Waals surface area (Å²) >= 11 is 0. The van der Waals surface area contributed by atoms with E-state index in [1.54, 1.807) is 4.90 Å². The predicted molar refractivity (Wildman–Crippen MR) is 189 cm³/mol. The molecule has 2 aromatic carbocycles. The molecule has 1 spiro atoms. The fraction of sp³-hybridized carbons (Fsp3) is 0.526. The molecule has 11 heteroatoms. The summed E-state index contributed by atoms with van der Waals surface area (Å²) in [5, 5.41) is 5.99. The van der Waals surface area contributed by atoms with Gasteiger partial charge >= 0.3 is 0 Å². The molecule has 1 aliphatic carbocycles. The molecule has 3 heterocycles. The predicted octanol–water partition coefficient (Wildman–Crippen LogP) is 2.67. The van der Waals surface area contributed by atoms with Gasteiger partial charge in [0, 0.05) is 50.1 Å². The van der Waals surface area contributed by atoms with Crippen molar-refractivity contribution >= 4 is 36.2 Å². The van der Waals surface area contributed by atoms with Crippen LogP contribution in [-0.4, -0.2) is 95.8 Å². The number of nitrogens with one attached hydrogen (secondary N) is 2. The first-order valence-electron chi connectivity index (χ1n) is 17.8. The summed E-state index contributed by atoms with van der Waals surface area (Å²) in [6.07, 6.45) is 6.84. The van der Waals surface area contributed by atoms with Gasteiger partial charge in [-0.3, -0.25) is 29.1 Å². The van der Waals surface area contributed by atoms with Gasteiger partial charge in [-0.1, -0.05) is 60.7 Å². The molecule has 260 valence electrons. The topological polar surface area (TPSA) is 149 Å². The van der Waals surface area contributed by atoms with Crippen LogP contribution in [0, 0.1) is 11.8 Å². The highest BCUT2D eigenvalue weighted by Crippen LogP contribution is 2.60. The average Bonchev–Trinajstić information content (AvgIpc) is 3.96. The summed E-state index contributed by atoms with van der Waals surface area (Å²) in [6.45, 7) is 5.70. The number of hydrogen-bond donors (Lipinski definition) is 3. The van der Waals surface area contributed by atoms with E-state index in [2.05, 4.69) is 44.4 Å². The maximum atomic E-state index is 13.9. The van der Waals surface area contributed by atoms with Crippen molar-refractivity contribution in [3.63, 3.8) is 0 Å². The lowest BCUT2D eigenvalue weighted by atomic mass is 9.92. The molecule has 11 nitrogen and oxygen atoms in total. The number of rotatable bonds is 16. The van der Waals surface area contributed by atoms with Gasteiger partial charge in [0.1, 0.15) is 17.9 Å². The highest BCUT2D eigenvalue weighted by Gasteiger charge is 2.71. The smallest absolute Gasteiger partial charge is 0.243 e. The summed E-state index contributed by atoms with van der Waals surface area (Å²) in [5.74, 6) is -0.291. The van der Waals surface area contributed by atoms with Crippen LogP contribution in [0.1, 0.15) is 62.5 Å². The number of aliphatic imine (C=N–C) groups is 2. The fourth-order valence-corrected chi connectivity index (χ4v) is 7.96. The van der Waals surface area contributed by atoms with E-state index >= 15 is 0 Å². The zero-order valence-electron chi connectivity index (χ0n) is 28.3. The van der Waals surface area contributed by atoms with E-state index < -0.39 is 12.1 Å². The van der Waals surface area contributed by atoms with Gasteiger partial charge < -0.3 is 21.3 Å². The monoisotopic (exact) mass is 667 g/mol. The van der Waals surface area contributed by atoms with Crippen LogP contribution >= 0.6 is 0 Å². The Bertz CT molecular complexity index is 1550. The van der Waals surface area contributed by atoms with Gasteiger partial charge in [-0.05, 0) is 75.6 Å². The molecule has 1 saturated carbocycles. The van der Waals surface area contributed by atoms with Crippen molar-refractivity contribution in [3.8, 4) is 0 Å². The molecule has 2 aromatic rings. The lowest BCUT2D eigenvalue weighted by Gasteiger charge is -2.38. The van der Waals surface area contributed by atoms with E-state index in [0.29, 0.717) is 45.3 Å². The number of hydrogen-bond acceptors (Lipinski definition) is 6. The number of benzene rings is 2. The lowest BCUT2D eigenvalue weighted by molar-refractivity contribution is -0.147. The Morgan fingerprint density at radius 3 is 2.43 bits per heavy atom. The Hall–Kier alpha value is -4.38. The number of Topliss-reactive ketones (excluding diaryl/α,β-unsaturated/α-hetero) is 1. The van der Waals surface area contributed by atoms with Crippen molar-refractivity contribution in [1.29, 1.82) is 0 Å². The Labute approximate surface area is 288 Å². The third kappa shape index (κ3) is 8.26. The summed E-state index contributed by atoms with van der Waals surface area (Å²) in [6, 6.07) is 18.6. The van der Waals surface area contributed by atoms with Gasteiger partial charge in [-0.2, -0.15) is 0 Å². The number of ketones is 1. The second-order valence-electron chi connectivity index (χ2n) is 14.1. The molecule has 49 heavy (non-hydrogen) atoms. The molecule has 3 saturated heterocycles. The van der Waals surface area contributed by atoms with Gasteiger partial charge in [0.2, 0.25) is 23.7 Å².